The number of thiazole rings is 1. The van der Waals surface area contributed by atoms with Crippen LogP contribution >= 0.6 is 27.3 Å². The molecule has 2 aromatic heterocycles. The van der Waals surface area contributed by atoms with Gasteiger partial charge in [0.1, 0.15) is 0 Å². The minimum absolute atomic E-state index is 0.0521. The van der Waals surface area contributed by atoms with Gasteiger partial charge in [0.05, 0.1) is 18.2 Å². The normalized spacial score (nSPS) is 10.4. The van der Waals surface area contributed by atoms with E-state index >= 15 is 0 Å². The molecular weight excluding hydrogens is 298 g/mol. The standard InChI is InChI=1S/C7H6BrN5O2S/c1-15-5(14)3-13-11-6(10-12-13)4-2-9-7(8)16-4/h2H,3H2,1H3. The van der Waals surface area contributed by atoms with Crippen LogP contribution in [0.2, 0.25) is 0 Å². The first kappa shape index (κ1) is 11.1. The second kappa shape index (κ2) is 4.66. The van der Waals surface area contributed by atoms with E-state index in [2.05, 4.69) is 41.1 Å². The molecule has 84 valence electrons. The molecule has 0 N–H and O–H groups in total. The topological polar surface area (TPSA) is 82.8 Å². The molecule has 7 nitrogen and oxygen atoms in total. The van der Waals surface area contributed by atoms with Crippen LogP contribution in [0.1, 0.15) is 0 Å². The van der Waals surface area contributed by atoms with Crippen molar-refractivity contribution in [2.24, 2.45) is 0 Å². The first-order valence-corrected chi connectivity index (χ1v) is 5.76. The molecule has 0 unspecified atom stereocenters. The molecule has 9 heteroatoms. The summed E-state index contributed by atoms with van der Waals surface area (Å²) in [6.45, 7) is -0.0521. The zero-order valence-electron chi connectivity index (χ0n) is 8.12. The maximum absolute atomic E-state index is 11.0. The second-order valence-corrected chi connectivity index (χ2v) is 5.00. The summed E-state index contributed by atoms with van der Waals surface area (Å²) in [6.07, 6.45) is 1.63. The van der Waals surface area contributed by atoms with Gasteiger partial charge < -0.3 is 4.74 Å². The van der Waals surface area contributed by atoms with Gasteiger partial charge in [0.25, 0.3) is 0 Å². The lowest BCUT2D eigenvalue weighted by molar-refractivity contribution is -0.141. The molecule has 0 aromatic carbocycles. The quantitative estimate of drug-likeness (QED) is 0.778. The molecule has 0 spiro atoms. The van der Waals surface area contributed by atoms with Gasteiger partial charge in [0, 0.05) is 0 Å². The summed E-state index contributed by atoms with van der Waals surface area (Å²) in [5, 5.41) is 11.6. The maximum Gasteiger partial charge on any atom is 0.329 e. The van der Waals surface area contributed by atoms with Crippen LogP contribution in [0, 0.1) is 0 Å². The van der Waals surface area contributed by atoms with Gasteiger partial charge in [0.15, 0.2) is 10.5 Å². The number of hydrogen-bond donors (Lipinski definition) is 0. The number of tetrazole rings is 1. The summed E-state index contributed by atoms with van der Waals surface area (Å²) in [7, 11) is 1.31. The lowest BCUT2D eigenvalue weighted by Crippen LogP contribution is -2.14. The molecule has 2 aromatic rings. The third-order valence-corrected chi connectivity index (χ3v) is 3.12. The molecule has 16 heavy (non-hydrogen) atoms. The Balaban J connectivity index is 2.16. The van der Waals surface area contributed by atoms with E-state index in [0.29, 0.717) is 5.82 Å². The first-order valence-electron chi connectivity index (χ1n) is 4.15. The number of rotatable bonds is 3. The summed E-state index contributed by atoms with van der Waals surface area (Å²) < 4.78 is 5.23. The first-order chi connectivity index (χ1) is 7.69. The zero-order valence-corrected chi connectivity index (χ0v) is 10.5. The van der Waals surface area contributed by atoms with Crippen LogP contribution in [-0.2, 0) is 16.1 Å². The molecule has 0 aliphatic rings. The van der Waals surface area contributed by atoms with Crippen molar-refractivity contribution >= 4 is 33.2 Å². The summed E-state index contributed by atoms with van der Waals surface area (Å²) in [5.41, 5.74) is 0. The Kier molecular flexibility index (Phi) is 3.25. The summed E-state index contributed by atoms with van der Waals surface area (Å²) in [6, 6.07) is 0. The largest absolute Gasteiger partial charge is 0.468 e. The number of hydrogen-bond acceptors (Lipinski definition) is 7. The molecule has 0 atom stereocenters. The number of esters is 1. The highest BCUT2D eigenvalue weighted by Crippen LogP contribution is 2.25. The molecular formula is C7H6BrN5O2S. The molecule has 0 fully saturated rings. The molecule has 2 heterocycles. The van der Waals surface area contributed by atoms with Crippen molar-refractivity contribution in [1.29, 1.82) is 0 Å². The Morgan fingerprint density at radius 2 is 2.50 bits per heavy atom. The monoisotopic (exact) mass is 303 g/mol. The molecule has 0 amide bonds. The van der Waals surface area contributed by atoms with Crippen molar-refractivity contribution in [2.75, 3.05) is 7.11 Å². The third kappa shape index (κ3) is 2.42. The van der Waals surface area contributed by atoms with Crippen LogP contribution in [0.5, 0.6) is 0 Å². The average Bonchev–Trinajstić information content (AvgIpc) is 2.87. The smallest absolute Gasteiger partial charge is 0.329 e. The van der Waals surface area contributed by atoms with Crippen molar-refractivity contribution in [2.45, 2.75) is 6.54 Å². The van der Waals surface area contributed by atoms with E-state index in [1.165, 1.54) is 23.2 Å². The van der Waals surface area contributed by atoms with Crippen LogP contribution in [0.4, 0.5) is 0 Å². The van der Waals surface area contributed by atoms with Crippen molar-refractivity contribution in [1.82, 2.24) is 25.2 Å². The molecule has 0 aliphatic heterocycles. The van der Waals surface area contributed by atoms with Crippen LogP contribution in [0.25, 0.3) is 10.7 Å². The van der Waals surface area contributed by atoms with Crippen molar-refractivity contribution in [3.63, 3.8) is 0 Å². The molecule has 0 saturated carbocycles. The fourth-order valence-corrected chi connectivity index (χ4v) is 2.14. The SMILES string of the molecule is COC(=O)Cn1nnc(-c2cnc(Br)s2)n1. The van der Waals surface area contributed by atoms with Gasteiger partial charge in [-0.3, -0.25) is 0 Å². The summed E-state index contributed by atoms with van der Waals surface area (Å²) in [4.78, 5) is 16.9. The number of carbonyl (C=O) groups is 1. The average molecular weight is 304 g/mol. The minimum atomic E-state index is -0.422. The van der Waals surface area contributed by atoms with E-state index in [-0.39, 0.29) is 6.54 Å². The van der Waals surface area contributed by atoms with Gasteiger partial charge in [-0.15, -0.1) is 21.5 Å². The van der Waals surface area contributed by atoms with Crippen LogP contribution in [-0.4, -0.2) is 38.3 Å². The number of halogens is 1. The molecule has 0 radical (unpaired) electrons. The third-order valence-electron chi connectivity index (χ3n) is 1.65. The van der Waals surface area contributed by atoms with E-state index in [1.807, 2.05) is 0 Å². The van der Waals surface area contributed by atoms with Crippen molar-refractivity contribution < 1.29 is 9.53 Å². The lowest BCUT2D eigenvalue weighted by Gasteiger charge is -1.94. The van der Waals surface area contributed by atoms with E-state index in [4.69, 9.17) is 0 Å². The van der Waals surface area contributed by atoms with E-state index in [1.54, 1.807) is 6.20 Å². The number of carbonyl (C=O) groups excluding carboxylic acids is 1. The number of methoxy groups -OCH3 is 1. The Morgan fingerprint density at radius 3 is 3.12 bits per heavy atom. The van der Waals surface area contributed by atoms with Gasteiger partial charge in [-0.05, 0) is 21.1 Å². The van der Waals surface area contributed by atoms with E-state index in [0.717, 1.165) is 8.79 Å². The Morgan fingerprint density at radius 1 is 1.69 bits per heavy atom. The van der Waals surface area contributed by atoms with Crippen LogP contribution in [0.3, 0.4) is 0 Å². The Hall–Kier alpha value is -1.35. The number of ether oxygens (including phenoxy) is 1. The van der Waals surface area contributed by atoms with Gasteiger partial charge in [-0.25, -0.2) is 9.78 Å². The van der Waals surface area contributed by atoms with Gasteiger partial charge >= 0.3 is 5.97 Å². The lowest BCUT2D eigenvalue weighted by atomic mass is 10.5. The highest BCUT2D eigenvalue weighted by Gasteiger charge is 2.11. The fraction of sp³-hybridized carbons (Fsp3) is 0.286. The van der Waals surface area contributed by atoms with Crippen molar-refractivity contribution in [3.8, 4) is 10.7 Å². The predicted molar refractivity (Wildman–Crippen MR) is 58.6 cm³/mol. The fourth-order valence-electron chi connectivity index (χ4n) is 0.945. The Labute approximate surface area is 103 Å². The summed E-state index contributed by atoms with van der Waals surface area (Å²) >= 11 is 4.63. The number of nitrogens with zero attached hydrogens (tertiary/aromatic N) is 5. The molecule has 0 saturated heterocycles. The molecule has 2 rings (SSSR count). The van der Waals surface area contributed by atoms with Crippen molar-refractivity contribution in [3.05, 3.63) is 10.1 Å². The second-order valence-electron chi connectivity index (χ2n) is 2.70. The predicted octanol–water partition coefficient (Wildman–Crippen LogP) is 0.732. The van der Waals surface area contributed by atoms with Crippen LogP contribution < -0.4 is 0 Å². The van der Waals surface area contributed by atoms with Crippen LogP contribution in [0.15, 0.2) is 10.1 Å². The van der Waals surface area contributed by atoms with Gasteiger partial charge in [-0.1, -0.05) is 0 Å². The van der Waals surface area contributed by atoms with Gasteiger partial charge in [0.2, 0.25) is 5.82 Å². The molecule has 0 bridgehead atoms. The summed E-state index contributed by atoms with van der Waals surface area (Å²) in [5.74, 6) is 0.0153. The molecule has 0 aliphatic carbocycles. The van der Waals surface area contributed by atoms with E-state index < -0.39 is 5.97 Å². The Bertz CT molecular complexity index is 510. The highest BCUT2D eigenvalue weighted by molar-refractivity contribution is 9.11. The highest BCUT2D eigenvalue weighted by atomic mass is 79.9. The zero-order chi connectivity index (χ0) is 11.5. The minimum Gasteiger partial charge on any atom is -0.468 e. The van der Waals surface area contributed by atoms with Gasteiger partial charge in [-0.2, -0.15) is 4.80 Å². The van der Waals surface area contributed by atoms with E-state index in [9.17, 15) is 4.79 Å². The number of aromatic nitrogens is 5. The maximum atomic E-state index is 11.0.